The Labute approximate surface area is 174 Å². The molecule has 2 nitrogen and oxygen atoms in total. The van der Waals surface area contributed by atoms with Gasteiger partial charge in [0, 0.05) is 25.7 Å². The summed E-state index contributed by atoms with van der Waals surface area (Å²) in [6, 6.07) is 22.2. The van der Waals surface area contributed by atoms with E-state index in [0.717, 1.165) is 32.5 Å². The number of rotatable bonds is 10. The van der Waals surface area contributed by atoms with E-state index in [1.807, 2.05) is 0 Å². The van der Waals surface area contributed by atoms with Crippen LogP contribution in [0.4, 0.5) is 0 Å². The monoisotopic (exact) mass is 397 g/mol. The molecule has 0 aromatic heterocycles. The Morgan fingerprint density at radius 3 is 1.71 bits per heavy atom. The van der Waals surface area contributed by atoms with Gasteiger partial charge in [0.1, 0.15) is 0 Å². The van der Waals surface area contributed by atoms with Crippen molar-refractivity contribution in [3.8, 4) is 0 Å². The van der Waals surface area contributed by atoms with E-state index in [1.165, 1.54) is 11.1 Å². The Bertz CT molecular complexity index is 637. The lowest BCUT2D eigenvalue weighted by Gasteiger charge is -2.37. The molecule has 0 aliphatic carbocycles. The van der Waals surface area contributed by atoms with Crippen LogP contribution in [0.1, 0.15) is 51.7 Å². The molecule has 3 heteroatoms. The number of nitrogens with zero attached hydrogens (tertiary/aromatic N) is 1. The molecule has 0 amide bonds. The quantitative estimate of drug-likeness (QED) is 0.405. The van der Waals surface area contributed by atoms with Gasteiger partial charge in [0.25, 0.3) is 0 Å². The van der Waals surface area contributed by atoms with Gasteiger partial charge in [0.2, 0.25) is 0 Å². The first-order chi connectivity index (χ1) is 13.2. The molecule has 0 heterocycles. The van der Waals surface area contributed by atoms with E-state index >= 15 is 0 Å². The maximum atomic E-state index is 6.49. The van der Waals surface area contributed by atoms with Gasteiger partial charge in [-0.3, -0.25) is 4.90 Å². The predicted octanol–water partition coefficient (Wildman–Crippen LogP) is 6.88. The van der Waals surface area contributed by atoms with E-state index in [1.54, 1.807) is 0 Å². The minimum atomic E-state index is -1.69. The van der Waals surface area contributed by atoms with E-state index in [2.05, 4.69) is 106 Å². The highest BCUT2D eigenvalue weighted by Gasteiger charge is 2.37. The first-order valence-corrected chi connectivity index (χ1v) is 13.6. The smallest absolute Gasteiger partial charge is 0.191 e. The summed E-state index contributed by atoms with van der Waals surface area (Å²) in [5, 5.41) is 0.266. The van der Waals surface area contributed by atoms with Crippen molar-refractivity contribution >= 4 is 8.32 Å². The number of benzene rings is 2. The topological polar surface area (TPSA) is 12.5 Å². The van der Waals surface area contributed by atoms with E-state index in [0.29, 0.717) is 6.04 Å². The molecule has 0 saturated heterocycles. The molecule has 2 rings (SSSR count). The first kappa shape index (κ1) is 22.9. The zero-order valence-corrected chi connectivity index (χ0v) is 19.7. The van der Waals surface area contributed by atoms with Gasteiger partial charge >= 0.3 is 0 Å². The molecule has 0 aliphatic heterocycles. The summed E-state index contributed by atoms with van der Waals surface area (Å²) in [5.74, 6) is 0. The summed E-state index contributed by atoms with van der Waals surface area (Å²) < 4.78 is 6.49. The molecule has 0 aliphatic rings. The lowest BCUT2D eigenvalue weighted by molar-refractivity contribution is 0.140. The molecule has 0 unspecified atom stereocenters. The fourth-order valence-corrected chi connectivity index (χ4v) is 4.32. The van der Waals surface area contributed by atoms with Crippen molar-refractivity contribution in [2.45, 2.75) is 77.8 Å². The molecule has 0 fully saturated rings. The molecule has 2 aromatic rings. The van der Waals surface area contributed by atoms with Crippen LogP contribution < -0.4 is 0 Å². The van der Waals surface area contributed by atoms with Crippen molar-refractivity contribution in [3.05, 3.63) is 71.8 Å². The lowest BCUT2D eigenvalue weighted by atomic mass is 10.1. The van der Waals surface area contributed by atoms with Crippen LogP contribution in [0, 0.1) is 0 Å². The van der Waals surface area contributed by atoms with Gasteiger partial charge in [-0.1, -0.05) is 88.4 Å². The van der Waals surface area contributed by atoms with Crippen molar-refractivity contribution < 1.29 is 4.43 Å². The van der Waals surface area contributed by atoms with E-state index in [4.69, 9.17) is 4.43 Å². The van der Waals surface area contributed by atoms with Gasteiger partial charge in [-0.25, -0.2) is 0 Å². The van der Waals surface area contributed by atoms with Crippen LogP contribution in [-0.2, 0) is 17.5 Å². The van der Waals surface area contributed by atoms with Crippen LogP contribution in [0.3, 0.4) is 0 Å². The van der Waals surface area contributed by atoms with Gasteiger partial charge in [-0.05, 0) is 42.1 Å². The summed E-state index contributed by atoms with van der Waals surface area (Å²) in [7, 11) is -1.69. The minimum absolute atomic E-state index is 0.266. The molecule has 0 spiro atoms. The standard InChI is InChI=1S/C25H39NOSi/c1-7-24(18-19-27-28(5,6)25(2,3)4)26(20-22-14-10-8-11-15-22)21-23-16-12-9-13-17-23/h8-17,24H,7,18-21H2,1-6H3/t24-/m1/s1. The second-order valence-electron chi connectivity index (χ2n) is 9.34. The van der Waals surface area contributed by atoms with Crippen LogP contribution >= 0.6 is 0 Å². The molecule has 2 aromatic carbocycles. The molecule has 0 N–H and O–H groups in total. The summed E-state index contributed by atoms with van der Waals surface area (Å²) >= 11 is 0. The zero-order chi connectivity index (χ0) is 20.6. The predicted molar refractivity (Wildman–Crippen MR) is 124 cm³/mol. The molecule has 28 heavy (non-hydrogen) atoms. The van der Waals surface area contributed by atoms with Gasteiger partial charge in [0.15, 0.2) is 8.32 Å². The van der Waals surface area contributed by atoms with Crippen molar-refractivity contribution in [2.24, 2.45) is 0 Å². The number of hydrogen-bond donors (Lipinski definition) is 0. The van der Waals surface area contributed by atoms with E-state index in [-0.39, 0.29) is 5.04 Å². The van der Waals surface area contributed by atoms with Crippen molar-refractivity contribution in [1.29, 1.82) is 0 Å². The zero-order valence-electron chi connectivity index (χ0n) is 18.7. The Morgan fingerprint density at radius 1 is 0.857 bits per heavy atom. The largest absolute Gasteiger partial charge is 0.417 e. The minimum Gasteiger partial charge on any atom is -0.417 e. The third-order valence-corrected chi connectivity index (χ3v) is 10.7. The Hall–Kier alpha value is -1.42. The fraction of sp³-hybridized carbons (Fsp3) is 0.520. The van der Waals surface area contributed by atoms with Crippen LogP contribution in [0.5, 0.6) is 0 Å². The molecule has 0 radical (unpaired) electrons. The highest BCUT2D eigenvalue weighted by atomic mass is 28.4. The van der Waals surface area contributed by atoms with Crippen molar-refractivity contribution in [3.63, 3.8) is 0 Å². The van der Waals surface area contributed by atoms with Gasteiger partial charge in [0.05, 0.1) is 0 Å². The van der Waals surface area contributed by atoms with Crippen molar-refractivity contribution in [1.82, 2.24) is 4.90 Å². The third-order valence-electron chi connectivity index (χ3n) is 6.16. The average molecular weight is 398 g/mol. The summed E-state index contributed by atoms with van der Waals surface area (Å²) in [6.07, 6.45) is 2.23. The molecular weight excluding hydrogens is 358 g/mol. The highest BCUT2D eigenvalue weighted by Crippen LogP contribution is 2.36. The Kier molecular flexibility index (Phi) is 8.48. The van der Waals surface area contributed by atoms with Crippen molar-refractivity contribution in [2.75, 3.05) is 6.61 Å². The molecule has 0 bridgehead atoms. The Balaban J connectivity index is 2.07. The summed E-state index contributed by atoms with van der Waals surface area (Å²) in [4.78, 5) is 2.62. The second-order valence-corrected chi connectivity index (χ2v) is 14.1. The maximum absolute atomic E-state index is 6.49. The summed E-state index contributed by atoms with van der Waals surface area (Å²) in [6.45, 7) is 16.8. The van der Waals surface area contributed by atoms with Crippen LogP contribution in [0.25, 0.3) is 0 Å². The highest BCUT2D eigenvalue weighted by molar-refractivity contribution is 6.74. The Morgan fingerprint density at radius 2 is 1.32 bits per heavy atom. The van der Waals surface area contributed by atoms with E-state index in [9.17, 15) is 0 Å². The maximum Gasteiger partial charge on any atom is 0.191 e. The summed E-state index contributed by atoms with van der Waals surface area (Å²) in [5.41, 5.74) is 2.75. The SMILES string of the molecule is CC[C@H](CCO[Si](C)(C)C(C)(C)C)N(Cc1ccccc1)Cc1ccccc1. The molecule has 0 saturated carbocycles. The van der Waals surface area contributed by atoms with Crippen LogP contribution in [-0.4, -0.2) is 25.9 Å². The molecule has 154 valence electrons. The fourth-order valence-electron chi connectivity index (χ4n) is 3.26. The van der Waals surface area contributed by atoms with Crippen LogP contribution in [0.2, 0.25) is 18.1 Å². The van der Waals surface area contributed by atoms with Gasteiger partial charge in [-0.15, -0.1) is 0 Å². The van der Waals surface area contributed by atoms with Crippen LogP contribution in [0.15, 0.2) is 60.7 Å². The van der Waals surface area contributed by atoms with E-state index < -0.39 is 8.32 Å². The third kappa shape index (κ3) is 6.88. The first-order valence-electron chi connectivity index (χ1n) is 10.7. The molecular formula is C25H39NOSi. The normalized spacial score (nSPS) is 13.7. The van der Waals surface area contributed by atoms with Gasteiger partial charge < -0.3 is 4.43 Å². The number of hydrogen-bond acceptors (Lipinski definition) is 2. The average Bonchev–Trinajstić information content (AvgIpc) is 2.65. The van der Waals surface area contributed by atoms with Gasteiger partial charge in [-0.2, -0.15) is 0 Å². The second kappa shape index (κ2) is 10.4. The molecule has 1 atom stereocenters. The lowest BCUT2D eigenvalue weighted by Crippen LogP contribution is -2.42.